The number of carbonyl (C=O) groups is 2. The molecule has 1 saturated carbocycles. The summed E-state index contributed by atoms with van der Waals surface area (Å²) in [5.41, 5.74) is 3.12. The van der Waals surface area contributed by atoms with Gasteiger partial charge in [0.15, 0.2) is 0 Å². The second kappa shape index (κ2) is 10.4. The van der Waals surface area contributed by atoms with E-state index in [2.05, 4.69) is 20.6 Å². The number of aryl methyl sites for hydroxylation is 1. The van der Waals surface area contributed by atoms with Gasteiger partial charge in [0.25, 0.3) is 0 Å². The second-order valence-electron chi connectivity index (χ2n) is 7.45. The summed E-state index contributed by atoms with van der Waals surface area (Å²) in [7, 11) is -3.66. The molecule has 3 rings (SSSR count). The Hall–Kier alpha value is -2.98. The monoisotopic (exact) mass is 446 g/mol. The van der Waals surface area contributed by atoms with E-state index in [1.807, 2.05) is 6.92 Å². The fourth-order valence-electron chi connectivity index (χ4n) is 3.23. The third kappa shape index (κ3) is 6.76. The lowest BCUT2D eigenvalue weighted by Crippen LogP contribution is -2.44. The summed E-state index contributed by atoms with van der Waals surface area (Å²) in [6.07, 6.45) is 6.25. The van der Waals surface area contributed by atoms with Gasteiger partial charge in [0, 0.05) is 6.04 Å². The smallest absolute Gasteiger partial charge is 0.329 e. The first-order valence-electron chi connectivity index (χ1n) is 10.1. The van der Waals surface area contributed by atoms with Crippen molar-refractivity contribution in [3.05, 3.63) is 53.5 Å². The first kappa shape index (κ1) is 22.7. The van der Waals surface area contributed by atoms with E-state index in [0.717, 1.165) is 37.7 Å². The molecule has 2 aromatic rings. The third-order valence-corrected chi connectivity index (χ3v) is 6.37. The predicted octanol–water partition coefficient (Wildman–Crippen LogP) is 1.97. The highest BCUT2D eigenvalue weighted by molar-refractivity contribution is 7.89. The van der Waals surface area contributed by atoms with Crippen molar-refractivity contribution in [1.82, 2.24) is 15.5 Å². The average Bonchev–Trinajstić information content (AvgIpc) is 3.21. The van der Waals surface area contributed by atoms with Crippen molar-refractivity contribution in [2.75, 3.05) is 0 Å². The van der Waals surface area contributed by atoms with Gasteiger partial charge in [-0.2, -0.15) is 5.10 Å². The van der Waals surface area contributed by atoms with Crippen molar-refractivity contribution in [3.63, 3.8) is 0 Å². The van der Waals surface area contributed by atoms with E-state index in [4.69, 9.17) is 4.42 Å². The van der Waals surface area contributed by atoms with Gasteiger partial charge >= 0.3 is 11.8 Å². The van der Waals surface area contributed by atoms with Crippen LogP contribution in [0.4, 0.5) is 0 Å². The molecule has 10 heteroatoms. The highest BCUT2D eigenvalue weighted by Crippen LogP contribution is 2.17. The zero-order chi connectivity index (χ0) is 22.3. The molecule has 166 valence electrons. The number of benzene rings is 1. The summed E-state index contributed by atoms with van der Waals surface area (Å²) in [5.74, 6) is -0.884. The Bertz CT molecular complexity index is 1040. The maximum atomic E-state index is 12.3. The van der Waals surface area contributed by atoms with Crippen molar-refractivity contribution in [1.29, 1.82) is 0 Å². The van der Waals surface area contributed by atoms with Crippen LogP contribution in [-0.2, 0) is 26.2 Å². The highest BCUT2D eigenvalue weighted by Gasteiger charge is 2.20. The fourth-order valence-corrected chi connectivity index (χ4v) is 4.22. The fraction of sp³-hybridized carbons (Fsp3) is 0.381. The van der Waals surface area contributed by atoms with Crippen molar-refractivity contribution in [2.24, 2.45) is 5.10 Å². The average molecular weight is 447 g/mol. The number of furan rings is 1. The van der Waals surface area contributed by atoms with Crippen LogP contribution in [-0.4, -0.2) is 32.5 Å². The Labute approximate surface area is 181 Å². The molecule has 2 amide bonds. The van der Waals surface area contributed by atoms with Gasteiger partial charge in [-0.1, -0.05) is 37.0 Å². The van der Waals surface area contributed by atoms with Crippen molar-refractivity contribution < 1.29 is 22.4 Å². The van der Waals surface area contributed by atoms with E-state index in [0.29, 0.717) is 11.5 Å². The highest BCUT2D eigenvalue weighted by atomic mass is 32.2. The zero-order valence-corrected chi connectivity index (χ0v) is 18.1. The summed E-state index contributed by atoms with van der Waals surface area (Å²) >= 11 is 0. The first-order chi connectivity index (χ1) is 14.8. The molecule has 0 radical (unpaired) electrons. The third-order valence-electron chi connectivity index (χ3n) is 4.95. The molecule has 3 N–H and O–H groups in total. The molecule has 0 saturated heterocycles. The van der Waals surface area contributed by atoms with Crippen LogP contribution in [0, 0.1) is 6.92 Å². The standard InChI is InChI=1S/C21H26N4O5S/c1-15-7-11-19(12-8-15)31(28,29)23-14-18-10-9-17(30-18)13-22-25-21(27)20(26)24-16-5-3-2-4-6-16/h7-13,16,23H,2-6,14H2,1H3,(H,24,26)(H,25,27)/b22-13-. The molecule has 1 fully saturated rings. The zero-order valence-electron chi connectivity index (χ0n) is 17.3. The molecule has 0 aliphatic heterocycles. The summed E-state index contributed by atoms with van der Waals surface area (Å²) in [6, 6.07) is 9.71. The Morgan fingerprint density at radius 3 is 2.48 bits per heavy atom. The van der Waals surface area contributed by atoms with Gasteiger partial charge < -0.3 is 9.73 Å². The van der Waals surface area contributed by atoms with Crippen LogP contribution in [0.15, 0.2) is 50.8 Å². The van der Waals surface area contributed by atoms with Crippen LogP contribution in [0.5, 0.6) is 0 Å². The molecule has 0 bridgehead atoms. The number of nitrogens with one attached hydrogen (secondary N) is 3. The van der Waals surface area contributed by atoms with Crippen molar-refractivity contribution in [3.8, 4) is 0 Å². The van der Waals surface area contributed by atoms with Gasteiger partial charge in [-0.3, -0.25) is 9.59 Å². The van der Waals surface area contributed by atoms with Gasteiger partial charge in [-0.25, -0.2) is 18.6 Å². The van der Waals surface area contributed by atoms with E-state index in [1.54, 1.807) is 24.3 Å². The lowest BCUT2D eigenvalue weighted by atomic mass is 9.95. The SMILES string of the molecule is Cc1ccc(S(=O)(=O)NCc2ccc(/C=N\NC(=O)C(=O)NC3CCCCC3)o2)cc1. The van der Waals surface area contributed by atoms with Gasteiger partial charge in [-0.05, 0) is 44.0 Å². The molecule has 1 aromatic heterocycles. The molecule has 31 heavy (non-hydrogen) atoms. The Kier molecular flexibility index (Phi) is 7.59. The number of hydrogen-bond acceptors (Lipinski definition) is 6. The molecule has 0 atom stereocenters. The predicted molar refractivity (Wildman–Crippen MR) is 115 cm³/mol. The van der Waals surface area contributed by atoms with Crippen LogP contribution < -0.4 is 15.5 Å². The quantitative estimate of drug-likeness (QED) is 0.340. The number of hydrogen-bond donors (Lipinski definition) is 3. The summed E-state index contributed by atoms with van der Waals surface area (Å²) in [4.78, 5) is 23.9. The number of carbonyl (C=O) groups excluding carboxylic acids is 2. The molecule has 0 unspecified atom stereocenters. The number of hydrazone groups is 1. The van der Waals surface area contributed by atoms with Gasteiger partial charge in [0.2, 0.25) is 10.0 Å². The van der Waals surface area contributed by atoms with Crippen molar-refractivity contribution >= 4 is 28.1 Å². The number of sulfonamides is 1. The molecular formula is C21H26N4O5S. The molecule has 0 spiro atoms. The van der Waals surface area contributed by atoms with Crippen LogP contribution >= 0.6 is 0 Å². The molecular weight excluding hydrogens is 420 g/mol. The van der Waals surface area contributed by atoms with Crippen LogP contribution in [0.1, 0.15) is 49.2 Å². The molecule has 1 aliphatic rings. The van der Waals surface area contributed by atoms with Crippen molar-refractivity contribution in [2.45, 2.75) is 56.5 Å². The maximum absolute atomic E-state index is 12.3. The van der Waals surface area contributed by atoms with Crippen LogP contribution in [0.25, 0.3) is 0 Å². The van der Waals surface area contributed by atoms with E-state index in [9.17, 15) is 18.0 Å². The van der Waals surface area contributed by atoms with Gasteiger partial charge in [0.1, 0.15) is 11.5 Å². The largest absolute Gasteiger partial charge is 0.459 e. The number of nitrogens with zero attached hydrogens (tertiary/aromatic N) is 1. The second-order valence-corrected chi connectivity index (χ2v) is 9.22. The van der Waals surface area contributed by atoms with E-state index in [1.165, 1.54) is 18.3 Å². The van der Waals surface area contributed by atoms with Gasteiger partial charge in [-0.15, -0.1) is 0 Å². The topological polar surface area (TPSA) is 130 Å². The Morgan fingerprint density at radius 1 is 1.06 bits per heavy atom. The number of rotatable bonds is 7. The minimum atomic E-state index is -3.66. The first-order valence-corrected chi connectivity index (χ1v) is 11.6. The molecule has 1 heterocycles. The molecule has 1 aromatic carbocycles. The van der Waals surface area contributed by atoms with Crippen LogP contribution in [0.2, 0.25) is 0 Å². The summed E-state index contributed by atoms with van der Waals surface area (Å²) in [5, 5.41) is 6.42. The van der Waals surface area contributed by atoms with Crippen LogP contribution in [0.3, 0.4) is 0 Å². The Balaban J connectivity index is 1.46. The lowest BCUT2D eigenvalue weighted by Gasteiger charge is -2.22. The molecule has 1 aliphatic carbocycles. The van der Waals surface area contributed by atoms with Gasteiger partial charge in [0.05, 0.1) is 17.7 Å². The Morgan fingerprint density at radius 2 is 1.77 bits per heavy atom. The lowest BCUT2D eigenvalue weighted by molar-refractivity contribution is -0.139. The summed E-state index contributed by atoms with van der Waals surface area (Å²) in [6.45, 7) is 1.83. The van der Waals surface area contributed by atoms with E-state index < -0.39 is 21.8 Å². The van der Waals surface area contributed by atoms with E-state index >= 15 is 0 Å². The summed E-state index contributed by atoms with van der Waals surface area (Å²) < 4.78 is 32.6. The molecule has 9 nitrogen and oxygen atoms in total. The number of amides is 2. The minimum Gasteiger partial charge on any atom is -0.459 e. The van der Waals surface area contributed by atoms with E-state index in [-0.39, 0.29) is 17.5 Å². The maximum Gasteiger partial charge on any atom is 0.329 e. The minimum absolute atomic E-state index is 0.0345. The normalized spacial score (nSPS) is 15.1.